The van der Waals surface area contributed by atoms with Gasteiger partial charge in [-0.05, 0) is 92.3 Å². The number of hydrogen-bond donors (Lipinski definition) is 0. The summed E-state index contributed by atoms with van der Waals surface area (Å²) in [6.45, 7) is 2.41. The van der Waals surface area contributed by atoms with Gasteiger partial charge >= 0.3 is 0 Å². The predicted octanol–water partition coefficient (Wildman–Crippen LogP) is 6.24. The van der Waals surface area contributed by atoms with Crippen LogP contribution in [0.1, 0.15) is 63.9 Å². The molecule has 0 aliphatic heterocycles. The highest BCUT2D eigenvalue weighted by molar-refractivity contribution is 8.03. The van der Waals surface area contributed by atoms with Gasteiger partial charge in [0.15, 0.2) is 0 Å². The second kappa shape index (κ2) is 8.64. The smallest absolute Gasteiger partial charge is 0.138 e. The SMILES string of the molecule is CC1CCC(C2CCC(C#Cc3ccc(SC#N)cc3)CC2)CC1. The van der Waals surface area contributed by atoms with Crippen molar-refractivity contribution in [3.8, 4) is 17.2 Å². The van der Waals surface area contributed by atoms with E-state index < -0.39 is 0 Å². The van der Waals surface area contributed by atoms with Crippen molar-refractivity contribution in [1.29, 1.82) is 5.26 Å². The molecule has 2 aliphatic carbocycles. The van der Waals surface area contributed by atoms with E-state index in [2.05, 4.69) is 24.2 Å². The molecule has 0 spiro atoms. The molecular formula is C22H27NS. The molecule has 2 heteroatoms. The average molecular weight is 338 g/mol. The first-order valence-corrected chi connectivity index (χ1v) is 10.2. The normalized spacial score (nSPS) is 30.0. The molecule has 0 unspecified atom stereocenters. The topological polar surface area (TPSA) is 23.8 Å². The molecule has 0 N–H and O–H groups in total. The van der Waals surface area contributed by atoms with Crippen LogP contribution in [0.2, 0.25) is 0 Å². The van der Waals surface area contributed by atoms with Crippen molar-refractivity contribution in [1.82, 2.24) is 0 Å². The van der Waals surface area contributed by atoms with E-state index in [0.717, 1.165) is 28.2 Å². The molecule has 2 saturated carbocycles. The molecule has 0 radical (unpaired) electrons. The molecule has 1 aromatic carbocycles. The lowest BCUT2D eigenvalue weighted by Crippen LogP contribution is -2.24. The van der Waals surface area contributed by atoms with Gasteiger partial charge in [-0.15, -0.1) is 0 Å². The minimum Gasteiger partial charge on any atom is -0.185 e. The standard InChI is InChI=1S/C22H27NS/c1-17-2-10-20(11-3-17)21-12-6-18(7-13-21)4-5-19-8-14-22(15-9-19)24-16-23/h8-9,14-15,17-18,20-21H,2-3,6-7,10-13H2,1H3. The van der Waals surface area contributed by atoms with E-state index >= 15 is 0 Å². The first kappa shape index (κ1) is 17.4. The van der Waals surface area contributed by atoms with Gasteiger partial charge in [0, 0.05) is 16.4 Å². The maximum absolute atomic E-state index is 8.68. The van der Waals surface area contributed by atoms with Crippen molar-refractivity contribution < 1.29 is 0 Å². The van der Waals surface area contributed by atoms with Gasteiger partial charge < -0.3 is 0 Å². The van der Waals surface area contributed by atoms with Crippen LogP contribution in [0.3, 0.4) is 0 Å². The van der Waals surface area contributed by atoms with Crippen LogP contribution in [-0.2, 0) is 0 Å². The molecule has 0 heterocycles. The third kappa shape index (κ3) is 4.81. The van der Waals surface area contributed by atoms with Gasteiger partial charge in [-0.2, -0.15) is 5.26 Å². The summed E-state index contributed by atoms with van der Waals surface area (Å²) >= 11 is 1.20. The first-order valence-electron chi connectivity index (χ1n) is 9.42. The Bertz CT molecular complexity index is 615. The fourth-order valence-electron chi connectivity index (χ4n) is 4.34. The minimum absolute atomic E-state index is 0.580. The summed E-state index contributed by atoms with van der Waals surface area (Å²) in [6, 6.07) is 8.03. The Hall–Kier alpha value is -1.38. The Labute approximate surface area is 151 Å². The summed E-state index contributed by atoms with van der Waals surface area (Å²) in [5.41, 5.74) is 1.07. The molecule has 1 aromatic rings. The molecule has 0 bridgehead atoms. The first-order chi connectivity index (χ1) is 11.7. The van der Waals surface area contributed by atoms with Crippen LogP contribution in [0.5, 0.6) is 0 Å². The van der Waals surface area contributed by atoms with Crippen molar-refractivity contribution in [2.75, 3.05) is 0 Å². The van der Waals surface area contributed by atoms with Crippen LogP contribution in [0.15, 0.2) is 29.2 Å². The third-order valence-corrected chi connectivity index (χ3v) is 6.54. The van der Waals surface area contributed by atoms with E-state index in [9.17, 15) is 0 Å². The predicted molar refractivity (Wildman–Crippen MR) is 101 cm³/mol. The van der Waals surface area contributed by atoms with Gasteiger partial charge in [0.05, 0.1) is 0 Å². The molecule has 0 saturated heterocycles. The fraction of sp³-hybridized carbons (Fsp3) is 0.591. The zero-order valence-electron chi connectivity index (χ0n) is 14.6. The van der Waals surface area contributed by atoms with Crippen LogP contribution in [0, 0.1) is 46.2 Å². The molecular weight excluding hydrogens is 310 g/mol. The fourth-order valence-corrected chi connectivity index (χ4v) is 4.71. The van der Waals surface area contributed by atoms with E-state index in [0.29, 0.717) is 5.92 Å². The van der Waals surface area contributed by atoms with Crippen molar-refractivity contribution >= 4 is 11.8 Å². The van der Waals surface area contributed by atoms with E-state index in [-0.39, 0.29) is 0 Å². The van der Waals surface area contributed by atoms with Crippen LogP contribution in [-0.4, -0.2) is 0 Å². The van der Waals surface area contributed by atoms with E-state index in [1.165, 1.54) is 63.1 Å². The van der Waals surface area contributed by atoms with Gasteiger partial charge in [-0.3, -0.25) is 0 Å². The Kier molecular flexibility index (Phi) is 6.28. The number of thioether (sulfide) groups is 1. The second-order valence-corrected chi connectivity index (χ2v) is 8.48. The number of thiocyanates is 1. The highest BCUT2D eigenvalue weighted by atomic mass is 32.2. The van der Waals surface area contributed by atoms with Crippen LogP contribution in [0.25, 0.3) is 0 Å². The summed E-state index contributed by atoms with van der Waals surface area (Å²) in [5, 5.41) is 10.8. The highest BCUT2D eigenvalue weighted by Gasteiger charge is 2.29. The van der Waals surface area contributed by atoms with Crippen molar-refractivity contribution in [2.45, 2.75) is 63.2 Å². The van der Waals surface area contributed by atoms with E-state index in [1.54, 1.807) is 0 Å². The van der Waals surface area contributed by atoms with Crippen LogP contribution >= 0.6 is 11.8 Å². The number of nitriles is 1. The molecule has 1 nitrogen and oxygen atoms in total. The zero-order chi connectivity index (χ0) is 16.8. The van der Waals surface area contributed by atoms with E-state index in [1.807, 2.05) is 24.3 Å². The molecule has 0 atom stereocenters. The monoisotopic (exact) mass is 337 g/mol. The summed E-state index contributed by atoms with van der Waals surface area (Å²) in [5.74, 6) is 10.4. The van der Waals surface area contributed by atoms with Crippen molar-refractivity contribution in [2.24, 2.45) is 23.7 Å². The molecule has 2 fully saturated rings. The van der Waals surface area contributed by atoms with Gasteiger partial charge in [0.1, 0.15) is 5.40 Å². The van der Waals surface area contributed by atoms with Gasteiger partial charge in [0.2, 0.25) is 0 Å². The maximum Gasteiger partial charge on any atom is 0.138 e. The lowest BCUT2D eigenvalue weighted by atomic mass is 9.69. The number of nitrogens with zero attached hydrogens (tertiary/aromatic N) is 1. The molecule has 0 aromatic heterocycles. The number of hydrogen-bond acceptors (Lipinski definition) is 2. The Morgan fingerprint density at radius 2 is 1.46 bits per heavy atom. The number of rotatable bonds is 2. The van der Waals surface area contributed by atoms with Crippen LogP contribution < -0.4 is 0 Å². The van der Waals surface area contributed by atoms with Crippen LogP contribution in [0.4, 0.5) is 0 Å². The molecule has 24 heavy (non-hydrogen) atoms. The lowest BCUT2D eigenvalue weighted by Gasteiger charge is -2.36. The van der Waals surface area contributed by atoms with Gasteiger partial charge in [-0.1, -0.05) is 31.6 Å². The Balaban J connectivity index is 1.48. The maximum atomic E-state index is 8.68. The van der Waals surface area contributed by atoms with Crippen molar-refractivity contribution in [3.63, 3.8) is 0 Å². The Morgan fingerprint density at radius 1 is 0.875 bits per heavy atom. The third-order valence-electron chi connectivity index (χ3n) is 5.94. The minimum atomic E-state index is 0.580. The quantitative estimate of drug-likeness (QED) is 0.362. The molecule has 2 aliphatic rings. The molecule has 126 valence electrons. The zero-order valence-corrected chi connectivity index (χ0v) is 15.4. The lowest BCUT2D eigenvalue weighted by molar-refractivity contribution is 0.162. The summed E-state index contributed by atoms with van der Waals surface area (Å²) in [7, 11) is 0. The average Bonchev–Trinajstić information content (AvgIpc) is 2.63. The summed E-state index contributed by atoms with van der Waals surface area (Å²) in [6.07, 6.45) is 11.2. The second-order valence-electron chi connectivity index (χ2n) is 7.62. The van der Waals surface area contributed by atoms with E-state index in [4.69, 9.17) is 5.26 Å². The summed E-state index contributed by atoms with van der Waals surface area (Å²) in [4.78, 5) is 0.991. The van der Waals surface area contributed by atoms with Gasteiger partial charge in [0.25, 0.3) is 0 Å². The number of benzene rings is 1. The Morgan fingerprint density at radius 3 is 2.04 bits per heavy atom. The highest BCUT2D eigenvalue weighted by Crippen LogP contribution is 2.41. The summed E-state index contributed by atoms with van der Waals surface area (Å²) < 4.78 is 0. The van der Waals surface area contributed by atoms with Crippen molar-refractivity contribution in [3.05, 3.63) is 29.8 Å². The van der Waals surface area contributed by atoms with Gasteiger partial charge in [-0.25, -0.2) is 0 Å². The largest absolute Gasteiger partial charge is 0.185 e. The molecule has 0 amide bonds. The molecule has 3 rings (SSSR count).